The zero-order valence-corrected chi connectivity index (χ0v) is 17.7. The summed E-state index contributed by atoms with van der Waals surface area (Å²) in [7, 11) is -7.23. The predicted molar refractivity (Wildman–Crippen MR) is 105 cm³/mol. The van der Waals surface area contributed by atoms with Crippen molar-refractivity contribution in [1.29, 1.82) is 0 Å². The van der Waals surface area contributed by atoms with Crippen molar-refractivity contribution in [2.24, 2.45) is 0 Å². The number of nitrogens with zero attached hydrogens (tertiary/aromatic N) is 3. The van der Waals surface area contributed by atoms with Crippen molar-refractivity contribution >= 4 is 31.9 Å². The molecule has 1 aromatic carbocycles. The van der Waals surface area contributed by atoms with Crippen molar-refractivity contribution in [2.75, 3.05) is 52.1 Å². The number of sulfonamides is 2. The summed E-state index contributed by atoms with van der Waals surface area (Å²) in [5.74, 6) is -0.721. The molecule has 0 radical (unpaired) electrons. The molecule has 10 nitrogen and oxygen atoms in total. The molecule has 0 spiro atoms. The van der Waals surface area contributed by atoms with Crippen LogP contribution in [0.5, 0.6) is 0 Å². The van der Waals surface area contributed by atoms with Gasteiger partial charge in [-0.25, -0.2) is 21.1 Å². The molecule has 3 rings (SSSR count). The molecule has 2 fully saturated rings. The Bertz CT molecular complexity index is 1010. The second-order valence-electron chi connectivity index (χ2n) is 7.02. The van der Waals surface area contributed by atoms with Crippen LogP contribution in [0.25, 0.3) is 0 Å². The van der Waals surface area contributed by atoms with Crippen LogP contribution in [0.15, 0.2) is 29.2 Å². The maximum Gasteiger partial charge on any atom is 0.253 e. The maximum atomic E-state index is 12.9. The van der Waals surface area contributed by atoms with Gasteiger partial charge in [-0.15, -0.1) is 0 Å². The molecular formula is C17H24N4O6S2. The van der Waals surface area contributed by atoms with Gasteiger partial charge >= 0.3 is 0 Å². The van der Waals surface area contributed by atoms with Gasteiger partial charge in [-0.05, 0) is 24.6 Å². The van der Waals surface area contributed by atoms with E-state index in [9.17, 15) is 26.4 Å². The third-order valence-corrected chi connectivity index (χ3v) is 8.08. The van der Waals surface area contributed by atoms with Crippen LogP contribution in [-0.2, 0) is 24.8 Å². The average Bonchev–Trinajstić information content (AvgIpc) is 2.94. The van der Waals surface area contributed by atoms with Gasteiger partial charge in [0.05, 0.1) is 17.7 Å². The van der Waals surface area contributed by atoms with E-state index in [0.717, 1.165) is 10.6 Å². The second kappa shape index (κ2) is 8.38. The van der Waals surface area contributed by atoms with E-state index in [4.69, 9.17) is 0 Å². The van der Waals surface area contributed by atoms with Crippen molar-refractivity contribution in [3.8, 4) is 0 Å². The van der Waals surface area contributed by atoms with Gasteiger partial charge < -0.3 is 10.2 Å². The minimum atomic E-state index is -3.90. The molecule has 2 aliphatic rings. The maximum absolute atomic E-state index is 12.9. The van der Waals surface area contributed by atoms with Gasteiger partial charge in [-0.3, -0.25) is 9.59 Å². The molecule has 0 saturated carbocycles. The SMILES string of the molecule is CS(=O)(=O)N1CCCN(C(=O)c2cccc(S(=O)(=O)N3CCNC(=O)C3)c2)CC1. The minimum absolute atomic E-state index is 0.0503. The van der Waals surface area contributed by atoms with E-state index in [1.807, 2.05) is 0 Å². The normalized spacial score (nSPS) is 20.2. The molecule has 2 saturated heterocycles. The number of piperazine rings is 1. The fourth-order valence-corrected chi connectivity index (χ4v) is 5.69. The molecule has 1 aromatic rings. The van der Waals surface area contributed by atoms with E-state index in [1.165, 1.54) is 33.5 Å². The minimum Gasteiger partial charge on any atom is -0.354 e. The third kappa shape index (κ3) is 4.94. The Kier molecular flexibility index (Phi) is 6.27. The lowest BCUT2D eigenvalue weighted by Gasteiger charge is -2.26. The van der Waals surface area contributed by atoms with E-state index in [-0.39, 0.29) is 55.0 Å². The van der Waals surface area contributed by atoms with Gasteiger partial charge in [0, 0.05) is 44.8 Å². The van der Waals surface area contributed by atoms with Gasteiger partial charge in [0.15, 0.2) is 0 Å². The molecule has 2 heterocycles. The van der Waals surface area contributed by atoms with E-state index >= 15 is 0 Å². The zero-order valence-electron chi connectivity index (χ0n) is 16.1. The molecule has 29 heavy (non-hydrogen) atoms. The van der Waals surface area contributed by atoms with E-state index in [2.05, 4.69) is 5.32 Å². The molecule has 12 heteroatoms. The first-order valence-corrected chi connectivity index (χ1v) is 12.5. The van der Waals surface area contributed by atoms with Crippen molar-refractivity contribution in [3.05, 3.63) is 29.8 Å². The number of carbonyl (C=O) groups excluding carboxylic acids is 2. The summed E-state index contributed by atoms with van der Waals surface area (Å²) in [6.07, 6.45) is 1.64. The third-order valence-electron chi connectivity index (χ3n) is 4.93. The Balaban J connectivity index is 1.78. The highest BCUT2D eigenvalue weighted by atomic mass is 32.2. The average molecular weight is 445 g/mol. The van der Waals surface area contributed by atoms with Crippen LogP contribution in [0.2, 0.25) is 0 Å². The molecule has 1 N–H and O–H groups in total. The van der Waals surface area contributed by atoms with Crippen LogP contribution in [0.3, 0.4) is 0 Å². The van der Waals surface area contributed by atoms with Gasteiger partial charge in [-0.1, -0.05) is 6.07 Å². The quantitative estimate of drug-likeness (QED) is 0.630. The predicted octanol–water partition coefficient (Wildman–Crippen LogP) is -1.09. The molecule has 2 aliphatic heterocycles. The Morgan fingerprint density at radius 2 is 1.76 bits per heavy atom. The molecule has 0 aromatic heterocycles. The molecule has 160 valence electrons. The zero-order chi connectivity index (χ0) is 21.2. The van der Waals surface area contributed by atoms with Gasteiger partial charge in [-0.2, -0.15) is 4.31 Å². The first-order chi connectivity index (χ1) is 13.6. The second-order valence-corrected chi connectivity index (χ2v) is 10.9. The van der Waals surface area contributed by atoms with Crippen molar-refractivity contribution in [2.45, 2.75) is 11.3 Å². The van der Waals surface area contributed by atoms with Crippen LogP contribution in [-0.4, -0.2) is 94.2 Å². The van der Waals surface area contributed by atoms with Crippen molar-refractivity contribution in [1.82, 2.24) is 18.8 Å². The van der Waals surface area contributed by atoms with Gasteiger partial charge in [0.25, 0.3) is 5.91 Å². The summed E-state index contributed by atoms with van der Waals surface area (Å²) < 4.78 is 51.6. The topological polar surface area (TPSA) is 124 Å². The summed E-state index contributed by atoms with van der Waals surface area (Å²) in [4.78, 5) is 25.9. The highest BCUT2D eigenvalue weighted by Crippen LogP contribution is 2.19. The van der Waals surface area contributed by atoms with E-state index in [1.54, 1.807) is 0 Å². The first-order valence-electron chi connectivity index (χ1n) is 9.20. The fraction of sp³-hybridized carbons (Fsp3) is 0.529. The highest BCUT2D eigenvalue weighted by Gasteiger charge is 2.30. The molecule has 0 bridgehead atoms. The molecule has 0 unspecified atom stereocenters. The Morgan fingerprint density at radius 1 is 1.00 bits per heavy atom. The molecule has 0 atom stereocenters. The number of amides is 2. The smallest absolute Gasteiger partial charge is 0.253 e. The Hall–Kier alpha value is -2.02. The molecule has 2 amide bonds. The molecular weight excluding hydrogens is 420 g/mol. The lowest BCUT2D eigenvalue weighted by molar-refractivity contribution is -0.122. The number of rotatable bonds is 4. The lowest BCUT2D eigenvalue weighted by atomic mass is 10.2. The lowest BCUT2D eigenvalue weighted by Crippen LogP contribution is -2.49. The van der Waals surface area contributed by atoms with Crippen LogP contribution < -0.4 is 5.32 Å². The standard InChI is InChI=1S/C17H24N4O6S2/c1-28(24,25)20-8-3-7-19(10-11-20)17(23)14-4-2-5-15(12-14)29(26,27)21-9-6-18-16(22)13-21/h2,4-5,12H,3,6-11,13H2,1H3,(H,18,22). The summed E-state index contributed by atoms with van der Waals surface area (Å²) >= 11 is 0. The first kappa shape index (κ1) is 21.7. The summed E-state index contributed by atoms with van der Waals surface area (Å²) in [6, 6.07) is 5.73. The summed E-state index contributed by atoms with van der Waals surface area (Å²) in [5, 5.41) is 2.58. The summed E-state index contributed by atoms with van der Waals surface area (Å²) in [6.45, 7) is 1.30. The fourth-order valence-electron chi connectivity index (χ4n) is 3.37. The largest absolute Gasteiger partial charge is 0.354 e. The number of benzene rings is 1. The van der Waals surface area contributed by atoms with Crippen LogP contribution in [0.1, 0.15) is 16.8 Å². The Morgan fingerprint density at radius 3 is 2.45 bits per heavy atom. The number of hydrogen-bond donors (Lipinski definition) is 1. The van der Waals surface area contributed by atoms with Crippen molar-refractivity contribution < 1.29 is 26.4 Å². The summed E-state index contributed by atoms with van der Waals surface area (Å²) in [5.41, 5.74) is 0.209. The highest BCUT2D eigenvalue weighted by molar-refractivity contribution is 7.89. The molecule has 0 aliphatic carbocycles. The Labute approximate surface area is 170 Å². The van der Waals surface area contributed by atoms with Crippen LogP contribution in [0, 0.1) is 0 Å². The van der Waals surface area contributed by atoms with E-state index in [0.29, 0.717) is 19.5 Å². The van der Waals surface area contributed by atoms with Crippen LogP contribution in [0.4, 0.5) is 0 Å². The number of nitrogens with one attached hydrogen (secondary N) is 1. The van der Waals surface area contributed by atoms with Crippen LogP contribution >= 0.6 is 0 Å². The van der Waals surface area contributed by atoms with Gasteiger partial charge in [0.2, 0.25) is 26.0 Å². The number of carbonyl (C=O) groups is 2. The van der Waals surface area contributed by atoms with Gasteiger partial charge in [0.1, 0.15) is 0 Å². The van der Waals surface area contributed by atoms with E-state index < -0.39 is 20.0 Å². The van der Waals surface area contributed by atoms with Crippen molar-refractivity contribution in [3.63, 3.8) is 0 Å². The monoisotopic (exact) mass is 444 g/mol. The number of hydrogen-bond acceptors (Lipinski definition) is 6.